The molecular weight excluding hydrogens is 396 g/mol. The molecule has 0 aliphatic heterocycles. The Morgan fingerprint density at radius 2 is 1.43 bits per heavy atom. The number of carboxylic acid groups (broad SMARTS) is 2. The van der Waals surface area contributed by atoms with Crippen molar-refractivity contribution in [3.05, 3.63) is 0 Å². The molecule has 0 fully saturated rings. The molecule has 0 aromatic carbocycles. The van der Waals surface area contributed by atoms with Gasteiger partial charge in [-0.05, 0) is 25.2 Å². The first-order valence-electron chi connectivity index (χ1n) is 9.91. The van der Waals surface area contributed by atoms with Crippen LogP contribution in [-0.4, -0.2) is 64.0 Å². The predicted octanol–water partition coefficient (Wildman–Crippen LogP) is -0.560. The standard InChI is InChI=1S/C19H34N4O7/c1-6-10(4)15(23-16(26)12(20)8-14(24)25)18(28)22-13(7-9(2)3)17(27)21-11(5)19(29)30/h9-13,15H,6-8,20H2,1-5H3,(H,21,27)(H,22,28)(H,23,26)(H,24,25)(H,29,30). The fourth-order valence-corrected chi connectivity index (χ4v) is 2.58. The summed E-state index contributed by atoms with van der Waals surface area (Å²) in [5.41, 5.74) is 5.56. The van der Waals surface area contributed by atoms with Crippen molar-refractivity contribution in [2.24, 2.45) is 17.6 Å². The van der Waals surface area contributed by atoms with Crippen LogP contribution in [0.3, 0.4) is 0 Å². The summed E-state index contributed by atoms with van der Waals surface area (Å²) in [6.45, 7) is 8.51. The van der Waals surface area contributed by atoms with Crippen molar-refractivity contribution in [3.63, 3.8) is 0 Å². The molecule has 0 aliphatic rings. The van der Waals surface area contributed by atoms with Crippen LogP contribution in [0.2, 0.25) is 0 Å². The lowest BCUT2D eigenvalue weighted by Crippen LogP contribution is -2.58. The van der Waals surface area contributed by atoms with E-state index in [-0.39, 0.29) is 18.3 Å². The molecule has 11 nitrogen and oxygen atoms in total. The molecule has 0 spiro atoms. The molecule has 0 bridgehead atoms. The van der Waals surface area contributed by atoms with Gasteiger partial charge in [-0.2, -0.15) is 0 Å². The summed E-state index contributed by atoms with van der Waals surface area (Å²) in [6, 6.07) is -4.51. The van der Waals surface area contributed by atoms with Gasteiger partial charge in [0.1, 0.15) is 18.1 Å². The van der Waals surface area contributed by atoms with Crippen LogP contribution < -0.4 is 21.7 Å². The van der Waals surface area contributed by atoms with Gasteiger partial charge in [0, 0.05) is 0 Å². The Morgan fingerprint density at radius 3 is 1.87 bits per heavy atom. The minimum Gasteiger partial charge on any atom is -0.481 e. The molecule has 0 saturated carbocycles. The highest BCUT2D eigenvalue weighted by Gasteiger charge is 2.32. The summed E-state index contributed by atoms with van der Waals surface area (Å²) in [6.07, 6.45) is 0.180. The third kappa shape index (κ3) is 9.68. The number of carboxylic acids is 2. The first kappa shape index (κ1) is 27.3. The predicted molar refractivity (Wildman–Crippen MR) is 108 cm³/mol. The van der Waals surface area contributed by atoms with Crippen molar-refractivity contribution in [3.8, 4) is 0 Å². The minimum atomic E-state index is -1.33. The minimum absolute atomic E-state index is 0.0156. The van der Waals surface area contributed by atoms with Gasteiger partial charge in [0.2, 0.25) is 17.7 Å². The molecule has 0 aromatic heterocycles. The second-order valence-corrected chi connectivity index (χ2v) is 7.84. The zero-order valence-corrected chi connectivity index (χ0v) is 18.1. The van der Waals surface area contributed by atoms with Crippen LogP contribution in [0.4, 0.5) is 0 Å². The number of carbonyl (C=O) groups excluding carboxylic acids is 3. The smallest absolute Gasteiger partial charge is 0.325 e. The molecule has 0 aromatic rings. The first-order chi connectivity index (χ1) is 13.8. The molecule has 0 rings (SSSR count). The summed E-state index contributed by atoms with van der Waals surface area (Å²) in [5.74, 6) is -4.85. The quantitative estimate of drug-likeness (QED) is 0.224. The molecule has 0 saturated heterocycles. The number of nitrogens with one attached hydrogen (secondary N) is 3. The van der Waals surface area contributed by atoms with Crippen LogP contribution in [0.15, 0.2) is 0 Å². The van der Waals surface area contributed by atoms with Gasteiger partial charge in [-0.15, -0.1) is 0 Å². The van der Waals surface area contributed by atoms with Gasteiger partial charge < -0.3 is 31.9 Å². The van der Waals surface area contributed by atoms with Crippen LogP contribution >= 0.6 is 0 Å². The maximum Gasteiger partial charge on any atom is 0.325 e. The molecule has 7 N–H and O–H groups in total. The maximum absolute atomic E-state index is 12.9. The molecule has 5 atom stereocenters. The summed E-state index contributed by atoms with van der Waals surface area (Å²) in [7, 11) is 0. The molecule has 3 amide bonds. The lowest BCUT2D eigenvalue weighted by molar-refractivity contribution is -0.142. The Labute approximate surface area is 176 Å². The maximum atomic E-state index is 12.9. The van der Waals surface area contributed by atoms with Gasteiger partial charge in [-0.3, -0.25) is 24.0 Å². The average molecular weight is 431 g/mol. The molecule has 0 heterocycles. The van der Waals surface area contributed by atoms with Crippen LogP contribution in [0, 0.1) is 11.8 Å². The second kappa shape index (κ2) is 12.8. The average Bonchev–Trinajstić information content (AvgIpc) is 2.63. The Kier molecular flexibility index (Phi) is 11.6. The number of rotatable bonds is 13. The van der Waals surface area contributed by atoms with E-state index < -0.39 is 60.2 Å². The zero-order valence-electron chi connectivity index (χ0n) is 18.1. The van der Waals surface area contributed by atoms with Crippen molar-refractivity contribution < 1.29 is 34.2 Å². The lowest BCUT2D eigenvalue weighted by Gasteiger charge is -2.28. The monoisotopic (exact) mass is 430 g/mol. The summed E-state index contributed by atoms with van der Waals surface area (Å²) in [4.78, 5) is 59.3. The van der Waals surface area contributed by atoms with Gasteiger partial charge in [-0.25, -0.2) is 0 Å². The van der Waals surface area contributed by atoms with Crippen LogP contribution in [-0.2, 0) is 24.0 Å². The van der Waals surface area contributed by atoms with E-state index in [9.17, 15) is 24.0 Å². The Bertz CT molecular complexity index is 638. The highest BCUT2D eigenvalue weighted by molar-refractivity contribution is 5.94. The van der Waals surface area contributed by atoms with E-state index in [1.807, 2.05) is 13.8 Å². The third-order valence-corrected chi connectivity index (χ3v) is 4.59. The number of carbonyl (C=O) groups is 5. The van der Waals surface area contributed by atoms with Crippen molar-refractivity contribution in [1.82, 2.24) is 16.0 Å². The normalized spacial score (nSPS) is 16.0. The van der Waals surface area contributed by atoms with Gasteiger partial charge in [0.15, 0.2) is 0 Å². The van der Waals surface area contributed by atoms with Gasteiger partial charge in [0.05, 0.1) is 12.5 Å². The SMILES string of the molecule is CCC(C)C(NC(=O)C(N)CC(=O)O)C(=O)NC(CC(C)C)C(=O)NC(C)C(=O)O. The lowest BCUT2D eigenvalue weighted by atomic mass is 9.96. The number of nitrogens with two attached hydrogens (primary N) is 1. The number of amides is 3. The highest BCUT2D eigenvalue weighted by atomic mass is 16.4. The van der Waals surface area contributed by atoms with E-state index in [0.717, 1.165) is 0 Å². The third-order valence-electron chi connectivity index (χ3n) is 4.59. The summed E-state index contributed by atoms with van der Waals surface area (Å²) >= 11 is 0. The van der Waals surface area contributed by atoms with Crippen LogP contribution in [0.25, 0.3) is 0 Å². The largest absolute Gasteiger partial charge is 0.481 e. The van der Waals surface area contributed by atoms with E-state index in [2.05, 4.69) is 16.0 Å². The molecule has 5 unspecified atom stereocenters. The number of hydrogen-bond acceptors (Lipinski definition) is 6. The molecule has 0 radical (unpaired) electrons. The van der Waals surface area contributed by atoms with E-state index in [4.69, 9.17) is 15.9 Å². The second-order valence-electron chi connectivity index (χ2n) is 7.84. The fraction of sp³-hybridized carbons (Fsp3) is 0.737. The van der Waals surface area contributed by atoms with E-state index in [0.29, 0.717) is 6.42 Å². The fourth-order valence-electron chi connectivity index (χ4n) is 2.58. The molecule has 172 valence electrons. The van der Waals surface area contributed by atoms with Gasteiger partial charge in [0.25, 0.3) is 0 Å². The van der Waals surface area contributed by atoms with E-state index >= 15 is 0 Å². The highest BCUT2D eigenvalue weighted by Crippen LogP contribution is 2.11. The van der Waals surface area contributed by atoms with Crippen molar-refractivity contribution in [2.45, 2.75) is 78.0 Å². The Balaban J connectivity index is 5.42. The summed E-state index contributed by atoms with van der Waals surface area (Å²) < 4.78 is 0. The molecule has 11 heteroatoms. The molecule has 30 heavy (non-hydrogen) atoms. The topological polar surface area (TPSA) is 188 Å². The van der Waals surface area contributed by atoms with Crippen molar-refractivity contribution >= 4 is 29.7 Å². The Hall–Kier alpha value is -2.69. The van der Waals surface area contributed by atoms with Crippen LogP contribution in [0.1, 0.15) is 53.9 Å². The first-order valence-corrected chi connectivity index (χ1v) is 9.91. The number of aliphatic carboxylic acids is 2. The molecule has 0 aliphatic carbocycles. The molecular formula is C19H34N4O7. The zero-order chi connectivity index (χ0) is 23.6. The Morgan fingerprint density at radius 1 is 0.867 bits per heavy atom. The van der Waals surface area contributed by atoms with Crippen molar-refractivity contribution in [2.75, 3.05) is 0 Å². The van der Waals surface area contributed by atoms with E-state index in [1.165, 1.54) is 6.92 Å². The van der Waals surface area contributed by atoms with Gasteiger partial charge >= 0.3 is 11.9 Å². The number of hydrogen-bond donors (Lipinski definition) is 6. The van der Waals surface area contributed by atoms with Crippen molar-refractivity contribution in [1.29, 1.82) is 0 Å². The summed E-state index contributed by atoms with van der Waals surface area (Å²) in [5, 5.41) is 25.1. The van der Waals surface area contributed by atoms with Crippen LogP contribution in [0.5, 0.6) is 0 Å². The van der Waals surface area contributed by atoms with Gasteiger partial charge in [-0.1, -0.05) is 34.1 Å². The van der Waals surface area contributed by atoms with E-state index in [1.54, 1.807) is 13.8 Å².